The van der Waals surface area contributed by atoms with Gasteiger partial charge in [0, 0.05) is 31.2 Å². The number of hydrogen-bond donors (Lipinski definition) is 2. The highest BCUT2D eigenvalue weighted by Gasteiger charge is 2.84. The molecular formula is C42H72N2O6. The summed E-state index contributed by atoms with van der Waals surface area (Å²) in [7, 11) is 2.24. The second kappa shape index (κ2) is 12.3. The zero-order chi connectivity index (χ0) is 35.6. The minimum absolute atomic E-state index is 0.0254. The first-order valence-corrected chi connectivity index (χ1v) is 20.9. The highest BCUT2D eigenvalue weighted by molar-refractivity contribution is 5.33. The van der Waals surface area contributed by atoms with E-state index < -0.39 is 17.8 Å². The van der Waals surface area contributed by atoms with Gasteiger partial charge in [-0.05, 0) is 150 Å². The Morgan fingerprint density at radius 1 is 0.940 bits per heavy atom. The maximum Gasteiger partial charge on any atom is 0.170 e. The third-order valence-electron chi connectivity index (χ3n) is 17.7. The summed E-state index contributed by atoms with van der Waals surface area (Å²) in [4.78, 5) is 5.12. The average molecular weight is 701 g/mol. The number of morpholine rings is 1. The molecule has 8 aliphatic rings. The molecule has 3 saturated heterocycles. The molecular weight excluding hydrogens is 628 g/mol. The van der Waals surface area contributed by atoms with Gasteiger partial charge in [-0.3, -0.25) is 4.90 Å². The second-order valence-corrected chi connectivity index (χ2v) is 20.5. The quantitative estimate of drug-likeness (QED) is 0.329. The summed E-state index contributed by atoms with van der Waals surface area (Å²) in [6, 6.07) is 0.658. The predicted molar refractivity (Wildman–Crippen MR) is 195 cm³/mol. The lowest BCUT2D eigenvalue weighted by atomic mass is 9.41. The molecule has 3 aliphatic heterocycles. The number of likely N-dealkylation sites (tertiary alicyclic amines) is 1. The Labute approximate surface area is 303 Å². The molecule has 5 aliphatic carbocycles. The first-order valence-electron chi connectivity index (χ1n) is 20.9. The minimum Gasteiger partial charge on any atom is -0.390 e. The summed E-state index contributed by atoms with van der Waals surface area (Å²) in [5.41, 5.74) is -0.412. The molecule has 0 aromatic heterocycles. The molecule has 8 heteroatoms. The fourth-order valence-electron chi connectivity index (χ4n) is 15.3. The van der Waals surface area contributed by atoms with Crippen molar-refractivity contribution in [2.24, 2.45) is 50.7 Å². The fourth-order valence-corrected chi connectivity index (χ4v) is 15.3. The summed E-state index contributed by atoms with van der Waals surface area (Å²) < 4.78 is 26.5. The maximum absolute atomic E-state index is 12.6. The molecule has 0 bridgehead atoms. The van der Waals surface area contributed by atoms with Gasteiger partial charge in [0.25, 0.3) is 0 Å². The van der Waals surface area contributed by atoms with Crippen LogP contribution in [-0.2, 0) is 18.9 Å². The molecule has 286 valence electrons. The normalized spacial score (nSPS) is 51.5. The Bertz CT molecular complexity index is 1260. The van der Waals surface area contributed by atoms with Gasteiger partial charge in [-0.25, -0.2) is 0 Å². The van der Waals surface area contributed by atoms with Crippen LogP contribution in [0.5, 0.6) is 0 Å². The topological polar surface area (TPSA) is 83.9 Å². The summed E-state index contributed by atoms with van der Waals surface area (Å²) in [6.07, 6.45) is 10.7. The number of nitrogens with zero attached hydrogens (tertiary/aromatic N) is 2. The highest BCUT2D eigenvalue weighted by atomic mass is 16.7. The van der Waals surface area contributed by atoms with Gasteiger partial charge in [-0.2, -0.15) is 0 Å². The summed E-state index contributed by atoms with van der Waals surface area (Å²) in [6.45, 7) is 23.7. The minimum atomic E-state index is -1.01. The Morgan fingerprint density at radius 3 is 2.34 bits per heavy atom. The molecule has 2 spiro atoms. The van der Waals surface area contributed by atoms with Gasteiger partial charge < -0.3 is 34.1 Å². The smallest absolute Gasteiger partial charge is 0.170 e. The standard InChI is InChI=1S/C42H72N2O6/c1-10-47-36(38(5,6)46)28-23-26(2)33-34(49-28)35(45)40(8)30-12-11-29-37(3,4)31(13-16-41(29)25-42(30,41)18-17-39(33,40)7)50-32-24-44(21-22-48-32)27-14-19-43(9)20-15-27/h26-36,45-46H,10-25H2,1-9H3/t26-,28-,29+,30+,31+,32+,33+,34+,35+,36+,39-,40-,41-,42+/m1/s1. The van der Waals surface area contributed by atoms with Crippen LogP contribution in [0.2, 0.25) is 0 Å². The van der Waals surface area contributed by atoms with Gasteiger partial charge in [-0.15, -0.1) is 0 Å². The van der Waals surface area contributed by atoms with E-state index in [9.17, 15) is 10.2 Å². The molecule has 0 amide bonds. The molecule has 8 fully saturated rings. The Hall–Kier alpha value is -0.320. The molecule has 3 heterocycles. The number of hydrogen-bond acceptors (Lipinski definition) is 8. The molecule has 2 N–H and O–H groups in total. The lowest BCUT2D eigenvalue weighted by molar-refractivity contribution is -0.251. The number of aliphatic hydroxyl groups excluding tert-OH is 1. The van der Waals surface area contributed by atoms with E-state index in [1.165, 1.54) is 64.5 Å². The van der Waals surface area contributed by atoms with Gasteiger partial charge in [0.2, 0.25) is 0 Å². The molecule has 0 unspecified atom stereocenters. The largest absolute Gasteiger partial charge is 0.390 e. The van der Waals surface area contributed by atoms with Gasteiger partial charge in [0.05, 0.1) is 36.6 Å². The van der Waals surface area contributed by atoms with Crippen molar-refractivity contribution in [2.45, 2.75) is 168 Å². The van der Waals surface area contributed by atoms with Crippen molar-refractivity contribution in [3.8, 4) is 0 Å². The molecule has 14 atom stereocenters. The zero-order valence-electron chi connectivity index (χ0n) is 33.1. The van der Waals surface area contributed by atoms with Crippen LogP contribution < -0.4 is 0 Å². The van der Waals surface area contributed by atoms with Crippen LogP contribution in [-0.4, -0.2) is 115 Å². The van der Waals surface area contributed by atoms with E-state index in [2.05, 4.69) is 51.5 Å². The number of fused-ring (bicyclic) bond motifs is 4. The predicted octanol–water partition coefficient (Wildman–Crippen LogP) is 6.11. The Kier molecular flexibility index (Phi) is 9.05. The van der Waals surface area contributed by atoms with Crippen LogP contribution in [0.3, 0.4) is 0 Å². The summed E-state index contributed by atoms with van der Waals surface area (Å²) >= 11 is 0. The highest BCUT2D eigenvalue weighted by Crippen LogP contribution is 2.89. The average Bonchev–Trinajstić information content (AvgIpc) is 3.69. The van der Waals surface area contributed by atoms with Crippen molar-refractivity contribution < 1.29 is 29.2 Å². The summed E-state index contributed by atoms with van der Waals surface area (Å²) in [5.74, 6) is 1.87. The van der Waals surface area contributed by atoms with Crippen LogP contribution in [0.15, 0.2) is 0 Å². The molecule has 0 aromatic carbocycles. The van der Waals surface area contributed by atoms with E-state index in [1.54, 1.807) is 0 Å². The van der Waals surface area contributed by atoms with Crippen molar-refractivity contribution >= 4 is 0 Å². The number of aliphatic hydroxyl groups is 2. The van der Waals surface area contributed by atoms with Crippen molar-refractivity contribution in [3.05, 3.63) is 0 Å². The molecule has 8 rings (SSSR count). The van der Waals surface area contributed by atoms with Gasteiger partial charge >= 0.3 is 0 Å². The maximum atomic E-state index is 12.6. The van der Waals surface area contributed by atoms with Gasteiger partial charge in [0.1, 0.15) is 6.10 Å². The van der Waals surface area contributed by atoms with Crippen LogP contribution in [0.1, 0.15) is 120 Å². The lowest BCUT2D eigenvalue weighted by Gasteiger charge is -2.64. The molecule has 5 saturated carbocycles. The Balaban J connectivity index is 0.998. The van der Waals surface area contributed by atoms with Crippen LogP contribution in [0.4, 0.5) is 0 Å². The van der Waals surface area contributed by atoms with E-state index in [1.807, 2.05) is 20.8 Å². The second-order valence-electron chi connectivity index (χ2n) is 20.5. The van der Waals surface area contributed by atoms with E-state index in [0.29, 0.717) is 47.2 Å². The molecule has 50 heavy (non-hydrogen) atoms. The number of piperidine rings is 1. The molecule has 8 nitrogen and oxygen atoms in total. The van der Waals surface area contributed by atoms with Crippen molar-refractivity contribution in [2.75, 3.05) is 46.4 Å². The summed E-state index contributed by atoms with van der Waals surface area (Å²) in [5, 5.41) is 23.8. The first kappa shape index (κ1) is 36.6. The van der Waals surface area contributed by atoms with E-state index in [4.69, 9.17) is 18.9 Å². The third-order valence-corrected chi connectivity index (χ3v) is 17.7. The van der Waals surface area contributed by atoms with Crippen molar-refractivity contribution in [1.82, 2.24) is 9.80 Å². The van der Waals surface area contributed by atoms with E-state index >= 15 is 0 Å². The Morgan fingerprint density at radius 2 is 1.64 bits per heavy atom. The van der Waals surface area contributed by atoms with Crippen LogP contribution in [0, 0.1) is 50.7 Å². The van der Waals surface area contributed by atoms with Crippen molar-refractivity contribution in [3.63, 3.8) is 0 Å². The van der Waals surface area contributed by atoms with Crippen molar-refractivity contribution in [1.29, 1.82) is 0 Å². The zero-order valence-corrected chi connectivity index (χ0v) is 33.1. The SMILES string of the molecule is CCO[C@@H]([C@H]1C[C@@H](C)[C@H]2[C@H](O1)[C@H](O)[C@@]1(C)[C@@H]3CC[C@H]4C(C)(C)[C@@H](O[C@H]5CN(C6CCN(C)CC6)CCO5)CC[C@@]45C[C@@]35CC[C@]21C)C(C)(C)O. The number of rotatable bonds is 7. The molecule has 0 aromatic rings. The van der Waals surface area contributed by atoms with E-state index in [0.717, 1.165) is 32.5 Å². The van der Waals surface area contributed by atoms with Gasteiger partial charge in [0.15, 0.2) is 6.29 Å². The third kappa shape index (κ3) is 5.10. The monoisotopic (exact) mass is 701 g/mol. The fraction of sp³-hybridized carbons (Fsp3) is 1.00. The van der Waals surface area contributed by atoms with Crippen LogP contribution >= 0.6 is 0 Å². The molecule has 0 radical (unpaired) electrons. The van der Waals surface area contributed by atoms with Gasteiger partial charge in [-0.1, -0.05) is 34.6 Å². The lowest BCUT2D eigenvalue weighted by Crippen LogP contribution is -2.60. The van der Waals surface area contributed by atoms with Crippen LogP contribution in [0.25, 0.3) is 0 Å². The number of ether oxygens (including phenoxy) is 4. The van der Waals surface area contributed by atoms with E-state index in [-0.39, 0.29) is 40.8 Å². The first-order chi connectivity index (χ1) is 23.5.